The van der Waals surface area contributed by atoms with Crippen molar-refractivity contribution in [3.8, 4) is 5.75 Å². The predicted octanol–water partition coefficient (Wildman–Crippen LogP) is 2.34. The normalized spacial score (nSPS) is 10.5. The molecule has 0 bridgehead atoms. The van der Waals surface area contributed by atoms with Crippen molar-refractivity contribution in [2.45, 2.75) is 19.9 Å². The van der Waals surface area contributed by atoms with Crippen molar-refractivity contribution in [3.63, 3.8) is 0 Å². The lowest BCUT2D eigenvalue weighted by Crippen LogP contribution is -2.32. The predicted molar refractivity (Wildman–Crippen MR) is 87.6 cm³/mol. The number of methoxy groups -OCH3 is 1. The molecule has 0 aliphatic heterocycles. The van der Waals surface area contributed by atoms with Crippen molar-refractivity contribution in [2.75, 3.05) is 13.7 Å². The van der Waals surface area contributed by atoms with Crippen LogP contribution < -0.4 is 15.6 Å². The second-order valence-electron chi connectivity index (χ2n) is 4.94. The molecule has 0 saturated heterocycles. The summed E-state index contributed by atoms with van der Waals surface area (Å²) in [7, 11) is 1.57. The van der Waals surface area contributed by atoms with Gasteiger partial charge >= 0.3 is 0 Å². The van der Waals surface area contributed by atoms with Gasteiger partial charge < -0.3 is 14.6 Å². The number of benzene rings is 1. The van der Waals surface area contributed by atoms with Gasteiger partial charge in [0.2, 0.25) is 0 Å². The van der Waals surface area contributed by atoms with Gasteiger partial charge in [-0.2, -0.15) is 0 Å². The van der Waals surface area contributed by atoms with Crippen LogP contribution in [0.5, 0.6) is 5.75 Å². The third kappa shape index (κ3) is 3.03. The summed E-state index contributed by atoms with van der Waals surface area (Å²) in [5.74, 6) is 0.368. The molecule has 1 heterocycles. The van der Waals surface area contributed by atoms with E-state index in [1.165, 1.54) is 4.57 Å². The fourth-order valence-corrected chi connectivity index (χ4v) is 2.35. The SMILES string of the molecule is C=CCNC(=O)c1cc2cc(OC)ccc2c(=O)n1CCC. The summed E-state index contributed by atoms with van der Waals surface area (Å²) in [5.41, 5.74) is 0.195. The molecule has 116 valence electrons. The van der Waals surface area contributed by atoms with Crippen molar-refractivity contribution >= 4 is 16.7 Å². The molecule has 5 nitrogen and oxygen atoms in total. The molecule has 0 radical (unpaired) electrons. The van der Waals surface area contributed by atoms with Crippen LogP contribution in [0.15, 0.2) is 41.7 Å². The van der Waals surface area contributed by atoms with Crippen LogP contribution in [0.3, 0.4) is 0 Å². The van der Waals surface area contributed by atoms with Gasteiger partial charge in [-0.3, -0.25) is 9.59 Å². The molecule has 0 spiro atoms. The molecular weight excluding hydrogens is 280 g/mol. The number of amides is 1. The molecule has 0 unspecified atom stereocenters. The molecule has 2 rings (SSSR count). The van der Waals surface area contributed by atoms with Gasteiger partial charge in [0.25, 0.3) is 11.5 Å². The van der Waals surface area contributed by atoms with E-state index in [4.69, 9.17) is 4.74 Å². The molecule has 0 fully saturated rings. The van der Waals surface area contributed by atoms with Crippen molar-refractivity contribution in [2.24, 2.45) is 0 Å². The molecule has 0 saturated carbocycles. The number of hydrogen-bond acceptors (Lipinski definition) is 3. The van der Waals surface area contributed by atoms with E-state index in [1.807, 2.05) is 6.92 Å². The van der Waals surface area contributed by atoms with Crippen LogP contribution in [0, 0.1) is 0 Å². The van der Waals surface area contributed by atoms with E-state index < -0.39 is 0 Å². The van der Waals surface area contributed by atoms with E-state index in [0.29, 0.717) is 35.3 Å². The zero-order chi connectivity index (χ0) is 16.1. The van der Waals surface area contributed by atoms with E-state index in [2.05, 4.69) is 11.9 Å². The first-order valence-electron chi connectivity index (χ1n) is 7.23. The summed E-state index contributed by atoms with van der Waals surface area (Å²) in [6, 6.07) is 6.97. The molecule has 22 heavy (non-hydrogen) atoms. The number of hydrogen-bond donors (Lipinski definition) is 1. The number of nitrogens with one attached hydrogen (secondary N) is 1. The Kier molecular flexibility index (Phi) is 4.99. The van der Waals surface area contributed by atoms with Gasteiger partial charge in [-0.25, -0.2) is 0 Å². The third-order valence-electron chi connectivity index (χ3n) is 3.40. The van der Waals surface area contributed by atoms with E-state index in [9.17, 15) is 9.59 Å². The maximum atomic E-state index is 12.6. The average molecular weight is 300 g/mol. The van der Waals surface area contributed by atoms with Crippen LogP contribution in [-0.2, 0) is 6.54 Å². The van der Waals surface area contributed by atoms with Gasteiger partial charge in [-0.15, -0.1) is 6.58 Å². The molecule has 1 amide bonds. The van der Waals surface area contributed by atoms with Crippen molar-refractivity contribution in [1.29, 1.82) is 0 Å². The quantitative estimate of drug-likeness (QED) is 0.833. The molecule has 2 aromatic rings. The fraction of sp³-hybridized carbons (Fsp3) is 0.294. The number of fused-ring (bicyclic) bond motifs is 1. The Hall–Kier alpha value is -2.56. The van der Waals surface area contributed by atoms with Gasteiger partial charge in [0.05, 0.1) is 7.11 Å². The maximum Gasteiger partial charge on any atom is 0.268 e. The highest BCUT2D eigenvalue weighted by atomic mass is 16.5. The summed E-state index contributed by atoms with van der Waals surface area (Å²) < 4.78 is 6.70. The number of carbonyl (C=O) groups is 1. The topological polar surface area (TPSA) is 60.3 Å². The fourth-order valence-electron chi connectivity index (χ4n) is 2.35. The van der Waals surface area contributed by atoms with Gasteiger partial charge in [-0.1, -0.05) is 13.0 Å². The Morgan fingerprint density at radius 2 is 2.18 bits per heavy atom. The lowest BCUT2D eigenvalue weighted by atomic mass is 10.1. The first-order valence-corrected chi connectivity index (χ1v) is 7.23. The Morgan fingerprint density at radius 3 is 2.82 bits per heavy atom. The second-order valence-corrected chi connectivity index (χ2v) is 4.94. The zero-order valence-corrected chi connectivity index (χ0v) is 12.9. The number of aromatic nitrogens is 1. The monoisotopic (exact) mass is 300 g/mol. The van der Waals surface area contributed by atoms with Crippen LogP contribution >= 0.6 is 0 Å². The molecule has 0 aliphatic rings. The molecule has 1 aromatic carbocycles. The summed E-state index contributed by atoms with van der Waals surface area (Å²) >= 11 is 0. The molecule has 1 N–H and O–H groups in total. The van der Waals surface area contributed by atoms with Crippen molar-refractivity contribution < 1.29 is 9.53 Å². The number of nitrogens with zero attached hydrogens (tertiary/aromatic N) is 1. The van der Waals surface area contributed by atoms with Crippen LogP contribution in [0.25, 0.3) is 10.8 Å². The third-order valence-corrected chi connectivity index (χ3v) is 3.40. The minimum absolute atomic E-state index is 0.161. The summed E-state index contributed by atoms with van der Waals surface area (Å²) in [6.45, 7) is 6.40. The standard InChI is InChI=1S/C17H20N2O3/c1-4-8-18-16(20)15-11-12-10-13(22-3)6-7-14(12)17(21)19(15)9-5-2/h4,6-7,10-11H,1,5,8-9H2,2-3H3,(H,18,20). The van der Waals surface area contributed by atoms with E-state index in [1.54, 1.807) is 37.5 Å². The molecule has 0 aliphatic carbocycles. The van der Waals surface area contributed by atoms with Gasteiger partial charge in [0.1, 0.15) is 11.4 Å². The van der Waals surface area contributed by atoms with E-state index >= 15 is 0 Å². The number of rotatable bonds is 6. The largest absolute Gasteiger partial charge is 0.497 e. The lowest BCUT2D eigenvalue weighted by molar-refractivity contribution is 0.0947. The summed E-state index contributed by atoms with van der Waals surface area (Å²) in [5, 5.41) is 3.99. The van der Waals surface area contributed by atoms with Gasteiger partial charge in [0.15, 0.2) is 0 Å². The summed E-state index contributed by atoms with van der Waals surface area (Å²) in [6.07, 6.45) is 2.37. The molecule has 5 heteroatoms. The second kappa shape index (κ2) is 6.93. The molecular formula is C17H20N2O3. The van der Waals surface area contributed by atoms with Crippen molar-refractivity contribution in [3.05, 3.63) is 53.0 Å². The Bertz CT molecular complexity index is 762. The minimum Gasteiger partial charge on any atom is -0.497 e. The summed E-state index contributed by atoms with van der Waals surface area (Å²) in [4.78, 5) is 24.9. The Balaban J connectivity index is 2.65. The van der Waals surface area contributed by atoms with Crippen LogP contribution in [0.4, 0.5) is 0 Å². The van der Waals surface area contributed by atoms with Crippen LogP contribution in [0.1, 0.15) is 23.8 Å². The highest BCUT2D eigenvalue weighted by Gasteiger charge is 2.15. The minimum atomic E-state index is -0.282. The Labute approximate surface area is 129 Å². The smallest absolute Gasteiger partial charge is 0.268 e. The van der Waals surface area contributed by atoms with Gasteiger partial charge in [0, 0.05) is 18.5 Å². The number of pyridine rings is 1. The van der Waals surface area contributed by atoms with E-state index in [-0.39, 0.29) is 11.5 Å². The van der Waals surface area contributed by atoms with Crippen LogP contribution in [-0.4, -0.2) is 24.1 Å². The number of ether oxygens (including phenoxy) is 1. The molecule has 0 atom stereocenters. The van der Waals surface area contributed by atoms with E-state index in [0.717, 1.165) is 6.42 Å². The highest BCUT2D eigenvalue weighted by molar-refractivity contribution is 5.97. The lowest BCUT2D eigenvalue weighted by Gasteiger charge is -2.13. The Morgan fingerprint density at radius 1 is 1.41 bits per heavy atom. The zero-order valence-electron chi connectivity index (χ0n) is 12.9. The average Bonchev–Trinajstić information content (AvgIpc) is 2.54. The van der Waals surface area contributed by atoms with Crippen LogP contribution in [0.2, 0.25) is 0 Å². The number of carbonyl (C=O) groups excluding carboxylic acids is 1. The first kappa shape index (κ1) is 15.8. The highest BCUT2D eigenvalue weighted by Crippen LogP contribution is 2.19. The van der Waals surface area contributed by atoms with Crippen molar-refractivity contribution in [1.82, 2.24) is 9.88 Å². The first-order chi connectivity index (χ1) is 10.6. The van der Waals surface area contributed by atoms with Gasteiger partial charge in [-0.05, 0) is 36.1 Å². The maximum absolute atomic E-state index is 12.6. The molecule has 1 aromatic heterocycles.